The molecule has 1 saturated heterocycles. The number of hydrogen-bond donors (Lipinski definition) is 2. The lowest BCUT2D eigenvalue weighted by atomic mass is 10.1. The molecule has 0 aromatic heterocycles. The van der Waals surface area contributed by atoms with Crippen LogP contribution in [0.5, 0.6) is 0 Å². The largest absolute Gasteiger partial charge is 0.394 e. The van der Waals surface area contributed by atoms with Crippen molar-refractivity contribution in [3.63, 3.8) is 0 Å². The van der Waals surface area contributed by atoms with Gasteiger partial charge in [0.25, 0.3) is 0 Å². The van der Waals surface area contributed by atoms with Gasteiger partial charge in [0.2, 0.25) is 5.91 Å². The Hall–Kier alpha value is -0.610. The summed E-state index contributed by atoms with van der Waals surface area (Å²) >= 11 is 0. The number of rotatable bonds is 5. The molecule has 0 saturated carbocycles. The second-order valence-electron chi connectivity index (χ2n) is 3.82. The normalized spacial score (nSPS) is 23.4. The number of hydrogen-bond acceptors (Lipinski definition) is 3. The lowest BCUT2D eigenvalue weighted by Gasteiger charge is -2.12. The van der Waals surface area contributed by atoms with Gasteiger partial charge in [-0.2, -0.15) is 0 Å². The van der Waals surface area contributed by atoms with Gasteiger partial charge < -0.3 is 15.2 Å². The number of ether oxygens (including phenoxy) is 1. The van der Waals surface area contributed by atoms with Crippen molar-refractivity contribution in [1.29, 1.82) is 0 Å². The van der Waals surface area contributed by atoms with Crippen LogP contribution in [0.2, 0.25) is 0 Å². The summed E-state index contributed by atoms with van der Waals surface area (Å²) in [6.07, 6.45) is 3.74. The molecule has 1 aliphatic rings. The minimum atomic E-state index is -0.146. The van der Waals surface area contributed by atoms with Gasteiger partial charge in [-0.25, -0.2) is 0 Å². The third kappa shape index (κ3) is 4.07. The molecule has 1 amide bonds. The minimum Gasteiger partial charge on any atom is -0.394 e. The summed E-state index contributed by atoms with van der Waals surface area (Å²) in [5.41, 5.74) is 0. The number of carbonyl (C=O) groups is 1. The van der Waals surface area contributed by atoms with Crippen LogP contribution in [0.4, 0.5) is 0 Å². The van der Waals surface area contributed by atoms with E-state index < -0.39 is 0 Å². The van der Waals surface area contributed by atoms with E-state index in [-0.39, 0.29) is 24.7 Å². The molecule has 4 nitrogen and oxygen atoms in total. The summed E-state index contributed by atoms with van der Waals surface area (Å²) in [4.78, 5) is 11.3. The van der Waals surface area contributed by atoms with Gasteiger partial charge in [0.05, 0.1) is 12.7 Å². The first-order valence-corrected chi connectivity index (χ1v) is 5.24. The number of carbonyl (C=O) groups excluding carboxylic acids is 1. The van der Waals surface area contributed by atoms with Gasteiger partial charge >= 0.3 is 0 Å². The topological polar surface area (TPSA) is 58.6 Å². The molecule has 0 bridgehead atoms. The molecule has 0 spiro atoms. The van der Waals surface area contributed by atoms with Gasteiger partial charge in [-0.15, -0.1) is 0 Å². The third-order valence-electron chi connectivity index (χ3n) is 2.40. The second-order valence-corrected chi connectivity index (χ2v) is 3.82. The van der Waals surface area contributed by atoms with Crippen molar-refractivity contribution in [2.45, 2.75) is 44.8 Å². The summed E-state index contributed by atoms with van der Waals surface area (Å²) in [6.45, 7) is 2.61. The smallest absolute Gasteiger partial charge is 0.220 e. The van der Waals surface area contributed by atoms with E-state index in [0.717, 1.165) is 25.9 Å². The van der Waals surface area contributed by atoms with Crippen molar-refractivity contribution in [3.8, 4) is 0 Å². The number of aliphatic hydroxyl groups excluding tert-OH is 1. The highest BCUT2D eigenvalue weighted by Gasteiger charge is 2.16. The molecule has 0 aromatic rings. The molecule has 14 heavy (non-hydrogen) atoms. The zero-order valence-corrected chi connectivity index (χ0v) is 8.66. The van der Waals surface area contributed by atoms with E-state index in [1.165, 1.54) is 0 Å². The Morgan fingerprint density at radius 2 is 2.50 bits per heavy atom. The Labute approximate surface area is 84.6 Å². The highest BCUT2D eigenvalue weighted by atomic mass is 16.5. The zero-order valence-electron chi connectivity index (χ0n) is 8.66. The van der Waals surface area contributed by atoms with Crippen molar-refractivity contribution < 1.29 is 14.6 Å². The maximum atomic E-state index is 11.3. The van der Waals surface area contributed by atoms with Crippen molar-refractivity contribution in [1.82, 2.24) is 5.32 Å². The summed E-state index contributed by atoms with van der Waals surface area (Å²) in [7, 11) is 0. The van der Waals surface area contributed by atoms with Crippen LogP contribution < -0.4 is 5.32 Å². The van der Waals surface area contributed by atoms with E-state index in [0.29, 0.717) is 6.42 Å². The lowest BCUT2D eigenvalue weighted by molar-refractivity contribution is -0.122. The number of aliphatic hydroxyl groups is 1. The fraction of sp³-hybridized carbons (Fsp3) is 0.900. The van der Waals surface area contributed by atoms with Gasteiger partial charge in [-0.3, -0.25) is 4.79 Å². The summed E-state index contributed by atoms with van der Waals surface area (Å²) in [6, 6.07) is -0.146. The molecule has 2 atom stereocenters. The molecule has 82 valence electrons. The van der Waals surface area contributed by atoms with E-state index in [1.54, 1.807) is 6.92 Å². The number of amides is 1. The Balaban J connectivity index is 2.08. The zero-order chi connectivity index (χ0) is 10.4. The monoisotopic (exact) mass is 201 g/mol. The van der Waals surface area contributed by atoms with Gasteiger partial charge in [0, 0.05) is 19.1 Å². The minimum absolute atomic E-state index is 0.00190. The average Bonchev–Trinajstić information content (AvgIpc) is 2.67. The predicted molar refractivity (Wildman–Crippen MR) is 52.9 cm³/mol. The fourth-order valence-corrected chi connectivity index (χ4v) is 1.56. The van der Waals surface area contributed by atoms with E-state index in [4.69, 9.17) is 9.84 Å². The van der Waals surface area contributed by atoms with Gasteiger partial charge in [0.1, 0.15) is 0 Å². The molecule has 1 aliphatic heterocycles. The first kappa shape index (κ1) is 11.5. The molecule has 0 aromatic carbocycles. The predicted octanol–water partition coefficient (Wildman–Crippen LogP) is 0.443. The third-order valence-corrected chi connectivity index (χ3v) is 2.40. The van der Waals surface area contributed by atoms with Gasteiger partial charge in [-0.1, -0.05) is 0 Å². The number of nitrogens with one attached hydrogen (secondary N) is 1. The Bertz CT molecular complexity index is 178. The molecule has 0 aliphatic carbocycles. The van der Waals surface area contributed by atoms with E-state index >= 15 is 0 Å². The average molecular weight is 201 g/mol. The van der Waals surface area contributed by atoms with Crippen LogP contribution in [0.3, 0.4) is 0 Å². The van der Waals surface area contributed by atoms with Crippen molar-refractivity contribution in [2.75, 3.05) is 13.2 Å². The van der Waals surface area contributed by atoms with E-state index in [2.05, 4.69) is 5.32 Å². The second kappa shape index (κ2) is 5.98. The van der Waals surface area contributed by atoms with Crippen LogP contribution in [-0.4, -0.2) is 36.4 Å². The fourth-order valence-electron chi connectivity index (χ4n) is 1.56. The summed E-state index contributed by atoms with van der Waals surface area (Å²) in [5, 5.41) is 11.4. The molecule has 0 radical (unpaired) electrons. The molecule has 0 unspecified atom stereocenters. The Morgan fingerprint density at radius 1 is 1.71 bits per heavy atom. The van der Waals surface area contributed by atoms with Gasteiger partial charge in [0.15, 0.2) is 0 Å². The van der Waals surface area contributed by atoms with E-state index in [9.17, 15) is 4.79 Å². The molecule has 2 N–H and O–H groups in total. The highest BCUT2D eigenvalue weighted by molar-refractivity contribution is 5.76. The first-order valence-electron chi connectivity index (χ1n) is 5.24. The highest BCUT2D eigenvalue weighted by Crippen LogP contribution is 2.16. The van der Waals surface area contributed by atoms with Crippen LogP contribution in [0.15, 0.2) is 0 Å². The molecule has 1 fully saturated rings. The van der Waals surface area contributed by atoms with Crippen LogP contribution in [-0.2, 0) is 9.53 Å². The quantitative estimate of drug-likeness (QED) is 0.678. The van der Waals surface area contributed by atoms with Crippen LogP contribution >= 0.6 is 0 Å². The van der Waals surface area contributed by atoms with Gasteiger partial charge in [-0.05, 0) is 26.2 Å². The first-order chi connectivity index (χ1) is 6.72. The van der Waals surface area contributed by atoms with Crippen molar-refractivity contribution >= 4 is 5.91 Å². The van der Waals surface area contributed by atoms with Crippen molar-refractivity contribution in [3.05, 3.63) is 0 Å². The molecule has 4 heteroatoms. The summed E-state index contributed by atoms with van der Waals surface area (Å²) in [5.74, 6) is 0.00190. The molecule has 1 heterocycles. The van der Waals surface area contributed by atoms with E-state index in [1.807, 2.05) is 0 Å². The van der Waals surface area contributed by atoms with Crippen LogP contribution in [0.1, 0.15) is 32.6 Å². The standard InChI is InChI=1S/C10H19NO3/c1-8(7-12)11-10(13)5-4-9-3-2-6-14-9/h8-9,12H,2-7H2,1H3,(H,11,13)/t8-,9+/m0/s1. The maximum Gasteiger partial charge on any atom is 0.220 e. The van der Waals surface area contributed by atoms with Crippen LogP contribution in [0, 0.1) is 0 Å². The van der Waals surface area contributed by atoms with Crippen LogP contribution in [0.25, 0.3) is 0 Å². The molecular weight excluding hydrogens is 182 g/mol. The lowest BCUT2D eigenvalue weighted by Crippen LogP contribution is -2.35. The maximum absolute atomic E-state index is 11.3. The van der Waals surface area contributed by atoms with Crippen molar-refractivity contribution in [2.24, 2.45) is 0 Å². The molecular formula is C10H19NO3. The SMILES string of the molecule is C[C@@H](CO)NC(=O)CC[C@H]1CCCO1. The molecule has 1 rings (SSSR count). The Morgan fingerprint density at radius 3 is 3.07 bits per heavy atom. The Kier molecular flexibility index (Phi) is 4.90. The summed E-state index contributed by atoms with van der Waals surface area (Å²) < 4.78 is 5.41.